The van der Waals surface area contributed by atoms with Crippen molar-refractivity contribution in [1.82, 2.24) is 10.9 Å². The number of hydrogen-bond donors (Lipinski definition) is 2. The molecule has 1 atom stereocenters. The molecule has 0 heterocycles. The molecular formula is C21H24N2O3. The smallest absolute Gasteiger partial charge is 0.276 e. The number of amides is 2. The maximum Gasteiger partial charge on any atom is 0.276 e. The molecule has 0 spiro atoms. The van der Waals surface area contributed by atoms with Gasteiger partial charge < -0.3 is 4.74 Å². The lowest BCUT2D eigenvalue weighted by Crippen LogP contribution is -2.43. The van der Waals surface area contributed by atoms with Crippen LogP contribution in [0.1, 0.15) is 37.3 Å². The Morgan fingerprint density at radius 3 is 2.38 bits per heavy atom. The Balaban J connectivity index is 1.71. The molecule has 2 N–H and O–H groups in total. The summed E-state index contributed by atoms with van der Waals surface area (Å²) in [5, 5.41) is 0. The molecule has 0 aliphatic rings. The van der Waals surface area contributed by atoms with Crippen molar-refractivity contribution in [2.75, 3.05) is 6.61 Å². The molecule has 1 unspecified atom stereocenters. The fourth-order valence-electron chi connectivity index (χ4n) is 2.22. The second kappa shape index (κ2) is 10.0. The van der Waals surface area contributed by atoms with Gasteiger partial charge in [0.25, 0.3) is 11.8 Å². The molecule has 0 saturated heterocycles. The first-order valence-corrected chi connectivity index (χ1v) is 8.63. The van der Waals surface area contributed by atoms with Crippen molar-refractivity contribution in [2.24, 2.45) is 0 Å². The van der Waals surface area contributed by atoms with Crippen molar-refractivity contribution >= 4 is 17.9 Å². The normalized spacial score (nSPS) is 11.8. The second-order valence-electron chi connectivity index (χ2n) is 5.95. The quantitative estimate of drug-likeness (QED) is 0.592. The van der Waals surface area contributed by atoms with Gasteiger partial charge >= 0.3 is 0 Å². The predicted octanol–water partition coefficient (Wildman–Crippen LogP) is 3.44. The van der Waals surface area contributed by atoms with E-state index < -0.39 is 11.8 Å². The second-order valence-corrected chi connectivity index (χ2v) is 5.95. The molecule has 0 fully saturated rings. The van der Waals surface area contributed by atoms with Gasteiger partial charge in [-0.2, -0.15) is 0 Å². The minimum Gasteiger partial charge on any atom is -0.484 e. The number of nitrogens with one attached hydrogen (secondary N) is 2. The molecule has 0 radical (unpaired) electrons. The first-order chi connectivity index (χ1) is 12.6. The third-order valence-corrected chi connectivity index (χ3v) is 3.98. The summed E-state index contributed by atoms with van der Waals surface area (Å²) in [4.78, 5) is 23.4. The summed E-state index contributed by atoms with van der Waals surface area (Å²) in [6.45, 7) is 4.13. The topological polar surface area (TPSA) is 67.4 Å². The molecule has 0 aromatic heterocycles. The zero-order valence-electron chi connectivity index (χ0n) is 15.1. The Bertz CT molecular complexity index is 740. The molecule has 136 valence electrons. The van der Waals surface area contributed by atoms with Gasteiger partial charge in [-0.05, 0) is 41.7 Å². The molecule has 0 bridgehead atoms. The fourth-order valence-corrected chi connectivity index (χ4v) is 2.22. The van der Waals surface area contributed by atoms with E-state index in [0.717, 1.165) is 12.0 Å². The number of rotatable bonds is 7. The van der Waals surface area contributed by atoms with E-state index in [0.29, 0.717) is 11.7 Å². The molecular weight excluding hydrogens is 328 g/mol. The van der Waals surface area contributed by atoms with Gasteiger partial charge in [0, 0.05) is 6.08 Å². The SMILES string of the molecule is CCC(C)c1ccc(OCC(=O)NNC(=O)/C=C/c2ccccc2)cc1. The van der Waals surface area contributed by atoms with Gasteiger partial charge in [0.1, 0.15) is 5.75 Å². The van der Waals surface area contributed by atoms with Crippen LogP contribution < -0.4 is 15.6 Å². The molecule has 0 aliphatic carbocycles. The highest BCUT2D eigenvalue weighted by molar-refractivity contribution is 5.93. The van der Waals surface area contributed by atoms with Crippen LogP contribution in [0, 0.1) is 0 Å². The number of hydrazine groups is 1. The van der Waals surface area contributed by atoms with E-state index in [9.17, 15) is 9.59 Å². The Morgan fingerprint density at radius 1 is 1.04 bits per heavy atom. The van der Waals surface area contributed by atoms with Gasteiger partial charge in [-0.15, -0.1) is 0 Å². The van der Waals surface area contributed by atoms with E-state index in [-0.39, 0.29) is 6.61 Å². The van der Waals surface area contributed by atoms with E-state index in [1.807, 2.05) is 54.6 Å². The molecule has 2 aromatic rings. The third kappa shape index (κ3) is 6.43. The molecule has 2 aromatic carbocycles. The highest BCUT2D eigenvalue weighted by atomic mass is 16.5. The van der Waals surface area contributed by atoms with Crippen molar-refractivity contribution in [3.8, 4) is 5.75 Å². The van der Waals surface area contributed by atoms with Gasteiger partial charge in [0.05, 0.1) is 0 Å². The van der Waals surface area contributed by atoms with Crippen molar-refractivity contribution in [1.29, 1.82) is 0 Å². The largest absolute Gasteiger partial charge is 0.484 e. The van der Waals surface area contributed by atoms with Gasteiger partial charge in [-0.25, -0.2) is 0 Å². The molecule has 0 saturated carbocycles. The van der Waals surface area contributed by atoms with Crippen LogP contribution >= 0.6 is 0 Å². The summed E-state index contributed by atoms with van der Waals surface area (Å²) in [5.74, 6) is 0.256. The van der Waals surface area contributed by atoms with Crippen molar-refractivity contribution in [3.05, 3.63) is 71.8 Å². The van der Waals surface area contributed by atoms with Gasteiger partial charge in [-0.3, -0.25) is 20.4 Å². The molecule has 2 rings (SSSR count). The number of carbonyl (C=O) groups is 2. The maximum atomic E-state index is 11.7. The molecule has 5 heteroatoms. The molecule has 5 nitrogen and oxygen atoms in total. The minimum absolute atomic E-state index is 0.175. The predicted molar refractivity (Wildman–Crippen MR) is 102 cm³/mol. The van der Waals surface area contributed by atoms with Crippen LogP contribution in [-0.4, -0.2) is 18.4 Å². The van der Waals surface area contributed by atoms with Crippen LogP contribution in [0.15, 0.2) is 60.7 Å². The molecule has 0 aliphatic heterocycles. The van der Waals surface area contributed by atoms with E-state index in [4.69, 9.17) is 4.74 Å². The minimum atomic E-state index is -0.433. The Hall–Kier alpha value is -3.08. The molecule has 2 amide bonds. The van der Waals surface area contributed by atoms with Crippen molar-refractivity contribution in [2.45, 2.75) is 26.2 Å². The van der Waals surface area contributed by atoms with Crippen LogP contribution in [0.25, 0.3) is 6.08 Å². The molecule has 26 heavy (non-hydrogen) atoms. The number of hydrogen-bond acceptors (Lipinski definition) is 3. The lowest BCUT2D eigenvalue weighted by molar-refractivity contribution is -0.128. The Labute approximate surface area is 154 Å². The van der Waals surface area contributed by atoms with Gasteiger partial charge in [-0.1, -0.05) is 56.3 Å². The summed E-state index contributed by atoms with van der Waals surface area (Å²) in [5.41, 5.74) is 6.77. The number of ether oxygens (including phenoxy) is 1. The highest BCUT2D eigenvalue weighted by Crippen LogP contribution is 2.21. The number of carbonyl (C=O) groups excluding carboxylic acids is 2. The third-order valence-electron chi connectivity index (χ3n) is 3.98. The zero-order valence-corrected chi connectivity index (χ0v) is 15.1. The standard InChI is InChI=1S/C21H24N2O3/c1-3-16(2)18-10-12-19(13-11-18)26-15-21(25)23-22-20(24)14-9-17-7-5-4-6-8-17/h4-14,16H,3,15H2,1-2H3,(H,22,24)(H,23,25)/b14-9+. The van der Waals surface area contributed by atoms with Crippen LogP contribution in [0.2, 0.25) is 0 Å². The van der Waals surface area contributed by atoms with Gasteiger partial charge in [0.15, 0.2) is 6.61 Å². The Morgan fingerprint density at radius 2 is 1.73 bits per heavy atom. The Kier molecular flexibility index (Phi) is 7.43. The van der Waals surface area contributed by atoms with Crippen molar-refractivity contribution in [3.63, 3.8) is 0 Å². The monoisotopic (exact) mass is 352 g/mol. The lowest BCUT2D eigenvalue weighted by Gasteiger charge is -2.11. The van der Waals surface area contributed by atoms with E-state index in [1.165, 1.54) is 11.6 Å². The average Bonchev–Trinajstić information content (AvgIpc) is 2.69. The van der Waals surface area contributed by atoms with Crippen LogP contribution in [0.3, 0.4) is 0 Å². The average molecular weight is 352 g/mol. The summed E-state index contributed by atoms with van der Waals surface area (Å²) in [6, 6.07) is 17.1. The first kappa shape index (κ1) is 19.2. The van der Waals surface area contributed by atoms with E-state index in [1.54, 1.807) is 6.08 Å². The van der Waals surface area contributed by atoms with E-state index >= 15 is 0 Å². The highest BCUT2D eigenvalue weighted by Gasteiger charge is 2.06. The fraction of sp³-hybridized carbons (Fsp3) is 0.238. The summed E-state index contributed by atoms with van der Waals surface area (Å²) in [7, 11) is 0. The number of benzene rings is 2. The summed E-state index contributed by atoms with van der Waals surface area (Å²) in [6.07, 6.45) is 4.09. The zero-order chi connectivity index (χ0) is 18.8. The summed E-state index contributed by atoms with van der Waals surface area (Å²) < 4.78 is 5.42. The van der Waals surface area contributed by atoms with Gasteiger partial charge in [0.2, 0.25) is 0 Å². The van der Waals surface area contributed by atoms with Crippen LogP contribution in [-0.2, 0) is 9.59 Å². The van der Waals surface area contributed by atoms with Crippen LogP contribution in [0.4, 0.5) is 0 Å². The maximum absolute atomic E-state index is 11.7. The lowest BCUT2D eigenvalue weighted by atomic mass is 9.99. The first-order valence-electron chi connectivity index (χ1n) is 8.63. The summed E-state index contributed by atoms with van der Waals surface area (Å²) >= 11 is 0. The van der Waals surface area contributed by atoms with Crippen molar-refractivity contribution < 1.29 is 14.3 Å². The van der Waals surface area contributed by atoms with E-state index in [2.05, 4.69) is 24.7 Å². The van der Waals surface area contributed by atoms with Crippen LogP contribution in [0.5, 0.6) is 5.75 Å².